The number of benzene rings is 1. The zero-order valence-corrected chi connectivity index (χ0v) is 16.0. The number of nitrogens with one attached hydrogen (secondary N) is 1. The third-order valence-corrected chi connectivity index (χ3v) is 4.55. The number of carbonyl (C=O) groups is 1. The van der Waals surface area contributed by atoms with Crippen LogP contribution in [0.15, 0.2) is 30.6 Å². The molecule has 1 amide bonds. The van der Waals surface area contributed by atoms with Gasteiger partial charge in [0.2, 0.25) is 11.9 Å². The summed E-state index contributed by atoms with van der Waals surface area (Å²) in [5.74, 6) is 0.655. The molecular formula is C19H19ClFN5O. The van der Waals surface area contributed by atoms with Gasteiger partial charge in [0.1, 0.15) is 11.6 Å². The molecule has 0 aliphatic rings. The van der Waals surface area contributed by atoms with Crippen LogP contribution in [0.25, 0.3) is 5.95 Å². The predicted octanol–water partition coefficient (Wildman–Crippen LogP) is 3.95. The van der Waals surface area contributed by atoms with Gasteiger partial charge < -0.3 is 5.32 Å². The Labute approximate surface area is 161 Å². The second-order valence-corrected chi connectivity index (χ2v) is 6.64. The summed E-state index contributed by atoms with van der Waals surface area (Å²) in [6.45, 7) is 5.78. The van der Waals surface area contributed by atoms with Crippen LogP contribution in [0.4, 0.5) is 10.1 Å². The van der Waals surface area contributed by atoms with Crippen molar-refractivity contribution < 1.29 is 9.18 Å². The quantitative estimate of drug-likeness (QED) is 0.719. The Bertz CT molecular complexity index is 985. The summed E-state index contributed by atoms with van der Waals surface area (Å²) in [6, 6.07) is 4.44. The van der Waals surface area contributed by atoms with Gasteiger partial charge in [0.25, 0.3) is 0 Å². The zero-order valence-electron chi connectivity index (χ0n) is 15.3. The molecule has 2 heterocycles. The van der Waals surface area contributed by atoms with Crippen LogP contribution < -0.4 is 5.32 Å². The van der Waals surface area contributed by atoms with Crippen molar-refractivity contribution in [2.24, 2.45) is 0 Å². The van der Waals surface area contributed by atoms with E-state index in [2.05, 4.69) is 20.3 Å². The highest BCUT2D eigenvalue weighted by molar-refractivity contribution is 6.30. The maximum atomic E-state index is 13.2. The minimum atomic E-state index is -0.472. The first-order chi connectivity index (χ1) is 12.8. The third kappa shape index (κ3) is 4.31. The van der Waals surface area contributed by atoms with E-state index in [0.29, 0.717) is 18.1 Å². The Kier molecular flexibility index (Phi) is 5.51. The number of aryl methyl sites for hydroxylation is 3. The fourth-order valence-electron chi connectivity index (χ4n) is 2.75. The molecule has 3 rings (SSSR count). The molecule has 0 fully saturated rings. The molecule has 0 spiro atoms. The van der Waals surface area contributed by atoms with Gasteiger partial charge in [0, 0.05) is 12.1 Å². The molecule has 0 aliphatic heterocycles. The van der Waals surface area contributed by atoms with Gasteiger partial charge in [0.05, 0.1) is 28.8 Å². The number of carbonyl (C=O) groups excluding carboxylic acids is 1. The largest absolute Gasteiger partial charge is 0.323 e. The van der Waals surface area contributed by atoms with Crippen LogP contribution >= 0.6 is 11.6 Å². The number of rotatable bonds is 5. The SMILES string of the molecule is Cc1nc(C)n(-c2ncc(NC(=O)CCc3ccc(F)c(Cl)c3)cn2)c1C. The molecule has 8 heteroatoms. The Hall–Kier alpha value is -2.80. The average Bonchev–Trinajstić information content (AvgIpc) is 2.89. The summed E-state index contributed by atoms with van der Waals surface area (Å²) in [5, 5.41) is 2.81. The lowest BCUT2D eigenvalue weighted by molar-refractivity contribution is -0.116. The second-order valence-electron chi connectivity index (χ2n) is 6.23. The number of hydrogen-bond donors (Lipinski definition) is 1. The molecule has 27 heavy (non-hydrogen) atoms. The normalized spacial score (nSPS) is 10.9. The fraction of sp³-hybridized carbons (Fsp3) is 0.263. The van der Waals surface area contributed by atoms with Crippen LogP contribution in [0.5, 0.6) is 0 Å². The number of anilines is 1. The summed E-state index contributed by atoms with van der Waals surface area (Å²) in [4.78, 5) is 25.1. The Morgan fingerprint density at radius 3 is 2.52 bits per heavy atom. The summed E-state index contributed by atoms with van der Waals surface area (Å²) in [5.41, 5.74) is 3.20. The monoisotopic (exact) mass is 387 g/mol. The van der Waals surface area contributed by atoms with Crippen LogP contribution in [0, 0.1) is 26.6 Å². The molecule has 0 unspecified atom stereocenters. The van der Waals surface area contributed by atoms with E-state index in [1.54, 1.807) is 18.5 Å². The smallest absolute Gasteiger partial charge is 0.235 e. The molecule has 0 saturated heterocycles. The standard InChI is InChI=1S/C19H19ClFN5O/c1-11-12(2)26(13(3)24-11)19-22-9-15(10-23-19)25-18(27)7-5-14-4-6-17(21)16(20)8-14/h4,6,8-10H,5,7H2,1-3H3,(H,25,27). The molecule has 140 valence electrons. The van der Waals surface area contributed by atoms with Crippen molar-refractivity contribution in [3.05, 3.63) is 64.2 Å². The third-order valence-electron chi connectivity index (χ3n) is 4.26. The minimum absolute atomic E-state index is 0.0530. The van der Waals surface area contributed by atoms with E-state index in [4.69, 9.17) is 11.6 Å². The van der Waals surface area contributed by atoms with Gasteiger partial charge >= 0.3 is 0 Å². The Balaban J connectivity index is 1.62. The van der Waals surface area contributed by atoms with Gasteiger partial charge in [-0.3, -0.25) is 9.36 Å². The first-order valence-corrected chi connectivity index (χ1v) is 8.81. The van der Waals surface area contributed by atoms with E-state index in [1.807, 2.05) is 25.3 Å². The topological polar surface area (TPSA) is 72.7 Å². The second kappa shape index (κ2) is 7.84. The molecule has 0 saturated carbocycles. The van der Waals surface area contributed by atoms with E-state index in [0.717, 1.165) is 22.8 Å². The van der Waals surface area contributed by atoms with Gasteiger partial charge in [-0.1, -0.05) is 17.7 Å². The fourth-order valence-corrected chi connectivity index (χ4v) is 2.95. The van der Waals surface area contributed by atoms with Crippen LogP contribution in [-0.2, 0) is 11.2 Å². The van der Waals surface area contributed by atoms with Crippen molar-refractivity contribution in [2.45, 2.75) is 33.6 Å². The molecular weight excluding hydrogens is 369 g/mol. The number of halogens is 2. The molecule has 0 aliphatic carbocycles. The van der Waals surface area contributed by atoms with Crippen molar-refractivity contribution in [3.63, 3.8) is 0 Å². The Morgan fingerprint density at radius 2 is 1.93 bits per heavy atom. The maximum Gasteiger partial charge on any atom is 0.235 e. The van der Waals surface area contributed by atoms with Gasteiger partial charge in [-0.15, -0.1) is 0 Å². The Morgan fingerprint density at radius 1 is 1.22 bits per heavy atom. The maximum absolute atomic E-state index is 13.2. The minimum Gasteiger partial charge on any atom is -0.323 e. The van der Waals surface area contributed by atoms with Crippen molar-refractivity contribution in [1.82, 2.24) is 19.5 Å². The zero-order chi connectivity index (χ0) is 19.6. The molecule has 2 aromatic heterocycles. The van der Waals surface area contributed by atoms with E-state index < -0.39 is 5.82 Å². The number of nitrogens with zero attached hydrogens (tertiary/aromatic N) is 4. The number of amides is 1. The highest BCUT2D eigenvalue weighted by Crippen LogP contribution is 2.18. The molecule has 1 aromatic carbocycles. The van der Waals surface area contributed by atoms with Gasteiger partial charge in [-0.05, 0) is 44.9 Å². The highest BCUT2D eigenvalue weighted by atomic mass is 35.5. The molecule has 6 nitrogen and oxygen atoms in total. The molecule has 0 atom stereocenters. The van der Waals surface area contributed by atoms with E-state index >= 15 is 0 Å². The number of aromatic nitrogens is 4. The van der Waals surface area contributed by atoms with E-state index in [9.17, 15) is 9.18 Å². The summed E-state index contributed by atoms with van der Waals surface area (Å²) in [6.07, 6.45) is 3.81. The van der Waals surface area contributed by atoms with E-state index in [1.165, 1.54) is 12.1 Å². The lowest BCUT2D eigenvalue weighted by atomic mass is 10.1. The number of hydrogen-bond acceptors (Lipinski definition) is 4. The van der Waals surface area contributed by atoms with Crippen molar-refractivity contribution in [3.8, 4) is 5.95 Å². The van der Waals surface area contributed by atoms with E-state index in [-0.39, 0.29) is 17.4 Å². The van der Waals surface area contributed by atoms with Gasteiger partial charge in [0.15, 0.2) is 0 Å². The van der Waals surface area contributed by atoms with Gasteiger partial charge in [-0.2, -0.15) is 0 Å². The van der Waals surface area contributed by atoms with Crippen LogP contribution in [0.1, 0.15) is 29.2 Å². The van der Waals surface area contributed by atoms with Gasteiger partial charge in [-0.25, -0.2) is 19.3 Å². The van der Waals surface area contributed by atoms with Crippen molar-refractivity contribution in [1.29, 1.82) is 0 Å². The summed E-state index contributed by atoms with van der Waals surface area (Å²) < 4.78 is 15.0. The molecule has 0 radical (unpaired) electrons. The molecule has 3 aromatic rings. The van der Waals surface area contributed by atoms with Crippen molar-refractivity contribution in [2.75, 3.05) is 5.32 Å². The molecule has 1 N–H and O–H groups in total. The predicted molar refractivity (Wildman–Crippen MR) is 102 cm³/mol. The lowest BCUT2D eigenvalue weighted by Gasteiger charge is -2.08. The average molecular weight is 388 g/mol. The summed E-state index contributed by atoms with van der Waals surface area (Å²) in [7, 11) is 0. The number of imidazole rings is 1. The van der Waals surface area contributed by atoms with Crippen LogP contribution in [0.2, 0.25) is 5.02 Å². The molecule has 0 bridgehead atoms. The first-order valence-electron chi connectivity index (χ1n) is 8.44. The highest BCUT2D eigenvalue weighted by Gasteiger charge is 2.12. The van der Waals surface area contributed by atoms with Crippen LogP contribution in [0.3, 0.4) is 0 Å². The van der Waals surface area contributed by atoms with Crippen molar-refractivity contribution >= 4 is 23.2 Å². The summed E-state index contributed by atoms with van der Waals surface area (Å²) >= 11 is 5.75. The lowest BCUT2D eigenvalue weighted by Crippen LogP contribution is -2.13. The van der Waals surface area contributed by atoms with Crippen LogP contribution in [-0.4, -0.2) is 25.4 Å². The first kappa shape index (κ1) is 19.0.